The molecule has 104 valence electrons. The lowest BCUT2D eigenvalue weighted by molar-refractivity contribution is -0.00421. The highest BCUT2D eigenvalue weighted by molar-refractivity contribution is 4.45. The van der Waals surface area contributed by atoms with Gasteiger partial charge < -0.3 is 18.9 Å². The van der Waals surface area contributed by atoms with Crippen LogP contribution >= 0.6 is 0 Å². The van der Waals surface area contributed by atoms with Gasteiger partial charge >= 0.3 is 0 Å². The van der Waals surface area contributed by atoms with Crippen molar-refractivity contribution < 1.29 is 18.9 Å². The van der Waals surface area contributed by atoms with Crippen molar-refractivity contribution in [1.82, 2.24) is 0 Å². The molecule has 0 aromatic heterocycles. The van der Waals surface area contributed by atoms with Crippen LogP contribution in [0.25, 0.3) is 0 Å². The fourth-order valence-corrected chi connectivity index (χ4v) is 1.10. The van der Waals surface area contributed by atoms with Gasteiger partial charge in [0.1, 0.15) is 0 Å². The van der Waals surface area contributed by atoms with Gasteiger partial charge in [0.2, 0.25) is 0 Å². The van der Waals surface area contributed by atoms with Gasteiger partial charge in [-0.3, -0.25) is 0 Å². The van der Waals surface area contributed by atoms with Gasteiger partial charge in [0, 0.05) is 13.2 Å². The standard InChI is InChI=1S/C13H28O4/c1-4-13(3)12-17-11-10-16-9-8-15-7-6-14-5-2/h13H,4-12H2,1-3H3. The first-order chi connectivity index (χ1) is 8.31. The van der Waals surface area contributed by atoms with E-state index in [-0.39, 0.29) is 0 Å². The Morgan fingerprint density at radius 1 is 0.706 bits per heavy atom. The van der Waals surface area contributed by atoms with Crippen molar-refractivity contribution in [3.8, 4) is 0 Å². The largest absolute Gasteiger partial charge is 0.379 e. The van der Waals surface area contributed by atoms with E-state index in [1.165, 1.54) is 0 Å². The molecule has 0 rings (SSSR count). The number of hydrogen-bond donors (Lipinski definition) is 0. The molecule has 0 aromatic carbocycles. The molecule has 0 aliphatic carbocycles. The zero-order chi connectivity index (χ0) is 12.8. The van der Waals surface area contributed by atoms with Crippen molar-refractivity contribution in [2.45, 2.75) is 27.2 Å². The summed E-state index contributed by atoms with van der Waals surface area (Å²) in [7, 11) is 0. The van der Waals surface area contributed by atoms with Crippen LogP contribution < -0.4 is 0 Å². The Labute approximate surface area is 106 Å². The van der Waals surface area contributed by atoms with Gasteiger partial charge in [0.15, 0.2) is 0 Å². The second-order valence-corrected chi connectivity index (χ2v) is 4.01. The van der Waals surface area contributed by atoms with Crippen molar-refractivity contribution >= 4 is 0 Å². The molecule has 0 heterocycles. The molecule has 1 atom stereocenters. The Hall–Kier alpha value is -0.160. The third-order valence-electron chi connectivity index (χ3n) is 2.42. The van der Waals surface area contributed by atoms with Crippen LogP contribution in [-0.4, -0.2) is 52.9 Å². The number of hydrogen-bond acceptors (Lipinski definition) is 4. The van der Waals surface area contributed by atoms with E-state index < -0.39 is 0 Å². The molecule has 1 unspecified atom stereocenters. The molecule has 0 amide bonds. The predicted molar refractivity (Wildman–Crippen MR) is 68.4 cm³/mol. The van der Waals surface area contributed by atoms with Crippen molar-refractivity contribution in [1.29, 1.82) is 0 Å². The monoisotopic (exact) mass is 248 g/mol. The summed E-state index contributed by atoms with van der Waals surface area (Å²) in [6.45, 7) is 11.8. The zero-order valence-corrected chi connectivity index (χ0v) is 11.6. The van der Waals surface area contributed by atoms with Gasteiger partial charge in [-0.15, -0.1) is 0 Å². The van der Waals surface area contributed by atoms with Crippen LogP contribution in [0.3, 0.4) is 0 Å². The van der Waals surface area contributed by atoms with Crippen molar-refractivity contribution in [2.75, 3.05) is 52.9 Å². The van der Waals surface area contributed by atoms with Gasteiger partial charge in [0.25, 0.3) is 0 Å². The summed E-state index contributed by atoms with van der Waals surface area (Å²) in [5, 5.41) is 0. The molecule has 4 nitrogen and oxygen atoms in total. The Balaban J connectivity index is 2.94. The molecule has 0 spiro atoms. The highest BCUT2D eigenvalue weighted by atomic mass is 16.6. The van der Waals surface area contributed by atoms with Gasteiger partial charge in [-0.25, -0.2) is 0 Å². The minimum Gasteiger partial charge on any atom is -0.379 e. The summed E-state index contributed by atoms with van der Waals surface area (Å²) < 4.78 is 21.3. The molecular weight excluding hydrogens is 220 g/mol. The van der Waals surface area contributed by atoms with Crippen LogP contribution in [0, 0.1) is 5.92 Å². The van der Waals surface area contributed by atoms with Crippen LogP contribution in [0.4, 0.5) is 0 Å². The Morgan fingerprint density at radius 3 is 1.65 bits per heavy atom. The summed E-state index contributed by atoms with van der Waals surface area (Å²) >= 11 is 0. The van der Waals surface area contributed by atoms with E-state index in [2.05, 4.69) is 13.8 Å². The Morgan fingerprint density at radius 2 is 1.18 bits per heavy atom. The quantitative estimate of drug-likeness (QED) is 0.468. The van der Waals surface area contributed by atoms with E-state index in [0.29, 0.717) is 45.6 Å². The lowest BCUT2D eigenvalue weighted by atomic mass is 10.1. The first-order valence-electron chi connectivity index (χ1n) is 6.62. The smallest absolute Gasteiger partial charge is 0.0701 e. The van der Waals surface area contributed by atoms with Crippen LogP contribution in [-0.2, 0) is 18.9 Å². The van der Waals surface area contributed by atoms with Crippen LogP contribution in [0.2, 0.25) is 0 Å². The molecule has 0 aliphatic heterocycles. The van der Waals surface area contributed by atoms with Gasteiger partial charge in [-0.1, -0.05) is 20.3 Å². The normalized spacial score (nSPS) is 12.9. The van der Waals surface area contributed by atoms with Gasteiger partial charge in [-0.2, -0.15) is 0 Å². The highest BCUT2D eigenvalue weighted by Gasteiger charge is 1.97. The summed E-state index contributed by atoms with van der Waals surface area (Å²) in [5.41, 5.74) is 0. The lowest BCUT2D eigenvalue weighted by Crippen LogP contribution is -2.13. The average molecular weight is 248 g/mol. The molecule has 4 heteroatoms. The SMILES string of the molecule is CCOCCOCCOCCOCC(C)CC. The fourth-order valence-electron chi connectivity index (χ4n) is 1.10. The summed E-state index contributed by atoms with van der Waals surface area (Å²) in [5.74, 6) is 0.636. The van der Waals surface area contributed by atoms with E-state index in [4.69, 9.17) is 18.9 Å². The third kappa shape index (κ3) is 13.8. The zero-order valence-electron chi connectivity index (χ0n) is 11.6. The minimum absolute atomic E-state index is 0.623. The molecule has 0 saturated heterocycles. The molecule has 0 N–H and O–H groups in total. The maximum absolute atomic E-state index is 5.46. The van der Waals surface area contributed by atoms with E-state index in [9.17, 15) is 0 Å². The fraction of sp³-hybridized carbons (Fsp3) is 1.00. The Bertz CT molecular complexity index is 141. The lowest BCUT2D eigenvalue weighted by Gasteiger charge is -2.09. The minimum atomic E-state index is 0.623. The maximum atomic E-state index is 5.46. The third-order valence-corrected chi connectivity index (χ3v) is 2.42. The molecule has 0 bridgehead atoms. The molecule has 17 heavy (non-hydrogen) atoms. The first-order valence-corrected chi connectivity index (χ1v) is 6.62. The summed E-state index contributed by atoms with van der Waals surface area (Å²) in [6, 6.07) is 0. The molecule has 0 saturated carbocycles. The number of ether oxygens (including phenoxy) is 4. The van der Waals surface area contributed by atoms with E-state index >= 15 is 0 Å². The predicted octanol–water partition coefficient (Wildman–Crippen LogP) is 2.12. The van der Waals surface area contributed by atoms with Gasteiger partial charge in [-0.05, 0) is 12.8 Å². The summed E-state index contributed by atoms with van der Waals surface area (Å²) in [4.78, 5) is 0. The first kappa shape index (κ1) is 16.8. The van der Waals surface area contributed by atoms with Crippen LogP contribution in [0.1, 0.15) is 27.2 Å². The van der Waals surface area contributed by atoms with Gasteiger partial charge in [0.05, 0.1) is 39.6 Å². The Kier molecular flexibility index (Phi) is 13.8. The van der Waals surface area contributed by atoms with E-state index in [0.717, 1.165) is 19.6 Å². The average Bonchev–Trinajstić information content (AvgIpc) is 2.35. The molecule has 0 aliphatic rings. The highest BCUT2D eigenvalue weighted by Crippen LogP contribution is 1.99. The molecule has 0 fully saturated rings. The molecule has 0 radical (unpaired) electrons. The number of rotatable bonds is 13. The second kappa shape index (κ2) is 13.9. The van der Waals surface area contributed by atoms with E-state index in [1.807, 2.05) is 6.92 Å². The van der Waals surface area contributed by atoms with Crippen LogP contribution in [0.15, 0.2) is 0 Å². The summed E-state index contributed by atoms with van der Waals surface area (Å²) in [6.07, 6.45) is 1.16. The topological polar surface area (TPSA) is 36.9 Å². The van der Waals surface area contributed by atoms with Crippen molar-refractivity contribution in [3.05, 3.63) is 0 Å². The molecular formula is C13H28O4. The second-order valence-electron chi connectivity index (χ2n) is 4.01. The van der Waals surface area contributed by atoms with Crippen molar-refractivity contribution in [2.24, 2.45) is 5.92 Å². The van der Waals surface area contributed by atoms with Crippen LogP contribution in [0.5, 0.6) is 0 Å². The maximum Gasteiger partial charge on any atom is 0.0701 e. The van der Waals surface area contributed by atoms with E-state index in [1.54, 1.807) is 0 Å². The van der Waals surface area contributed by atoms with Crippen molar-refractivity contribution in [3.63, 3.8) is 0 Å². The molecule has 0 aromatic rings.